The smallest absolute Gasteiger partial charge is 0.223 e. The average molecular weight is 233 g/mol. The van der Waals surface area contributed by atoms with Crippen molar-refractivity contribution in [3.8, 4) is 11.5 Å². The summed E-state index contributed by atoms with van der Waals surface area (Å²) in [5.74, 6) is 1.98. The summed E-state index contributed by atoms with van der Waals surface area (Å²) in [4.78, 5) is 11.5. The summed E-state index contributed by atoms with van der Waals surface area (Å²) in [7, 11) is 0. The number of carbonyl (C=O) groups excluding carboxylic acids is 1. The van der Waals surface area contributed by atoms with Gasteiger partial charge in [0.05, 0.1) is 0 Å². The Morgan fingerprint density at radius 2 is 2.00 bits per heavy atom. The third kappa shape index (κ3) is 2.35. The van der Waals surface area contributed by atoms with Gasteiger partial charge >= 0.3 is 0 Å². The molecule has 0 atom stereocenters. The molecule has 1 N–H and O–H groups in total. The Labute approximate surface area is 99.9 Å². The molecule has 0 bridgehead atoms. The first kappa shape index (κ1) is 10.4. The number of benzene rings is 1. The van der Waals surface area contributed by atoms with Crippen LogP contribution in [-0.2, 0) is 11.3 Å². The highest BCUT2D eigenvalue weighted by atomic mass is 16.6. The lowest BCUT2D eigenvalue weighted by molar-refractivity contribution is -0.122. The number of carbonyl (C=O) groups is 1. The maximum Gasteiger partial charge on any atom is 0.223 e. The molecular weight excluding hydrogens is 218 g/mol. The van der Waals surface area contributed by atoms with E-state index in [2.05, 4.69) is 5.32 Å². The third-order valence-electron chi connectivity index (χ3n) is 3.02. The van der Waals surface area contributed by atoms with Crippen molar-refractivity contribution >= 4 is 5.91 Å². The van der Waals surface area contributed by atoms with Crippen LogP contribution in [0.5, 0.6) is 11.5 Å². The van der Waals surface area contributed by atoms with Crippen molar-refractivity contribution in [2.75, 3.05) is 13.2 Å². The van der Waals surface area contributed by atoms with Gasteiger partial charge in [0, 0.05) is 12.5 Å². The van der Waals surface area contributed by atoms with E-state index in [1.54, 1.807) is 0 Å². The van der Waals surface area contributed by atoms with Crippen LogP contribution in [0.25, 0.3) is 0 Å². The molecule has 0 spiro atoms. The van der Waals surface area contributed by atoms with E-state index in [4.69, 9.17) is 9.47 Å². The topological polar surface area (TPSA) is 47.6 Å². The number of hydrogen-bond donors (Lipinski definition) is 1. The fourth-order valence-corrected chi connectivity index (χ4v) is 1.88. The summed E-state index contributed by atoms with van der Waals surface area (Å²) >= 11 is 0. The molecule has 3 rings (SSSR count). The second-order valence-electron chi connectivity index (χ2n) is 4.47. The molecule has 1 aromatic rings. The van der Waals surface area contributed by atoms with E-state index in [0.717, 1.165) is 29.9 Å². The number of nitrogens with one attached hydrogen (secondary N) is 1. The van der Waals surface area contributed by atoms with Crippen LogP contribution in [0.3, 0.4) is 0 Å². The Morgan fingerprint density at radius 1 is 1.24 bits per heavy atom. The second kappa shape index (κ2) is 4.28. The van der Waals surface area contributed by atoms with Crippen molar-refractivity contribution in [3.05, 3.63) is 23.8 Å². The van der Waals surface area contributed by atoms with Crippen LogP contribution in [0.2, 0.25) is 0 Å². The number of hydrogen-bond acceptors (Lipinski definition) is 3. The molecule has 0 radical (unpaired) electrons. The van der Waals surface area contributed by atoms with Gasteiger partial charge in [-0.3, -0.25) is 4.79 Å². The van der Waals surface area contributed by atoms with E-state index >= 15 is 0 Å². The van der Waals surface area contributed by atoms with E-state index in [0.29, 0.717) is 19.8 Å². The molecule has 0 aromatic heterocycles. The lowest BCUT2D eigenvalue weighted by atomic mass is 10.2. The van der Waals surface area contributed by atoms with Gasteiger partial charge in [0.2, 0.25) is 5.91 Å². The van der Waals surface area contributed by atoms with Crippen LogP contribution >= 0.6 is 0 Å². The van der Waals surface area contributed by atoms with Crippen molar-refractivity contribution < 1.29 is 14.3 Å². The highest BCUT2D eigenvalue weighted by Gasteiger charge is 2.29. The Balaban J connectivity index is 1.64. The maximum absolute atomic E-state index is 11.5. The number of amides is 1. The molecule has 0 saturated heterocycles. The van der Waals surface area contributed by atoms with Gasteiger partial charge in [-0.15, -0.1) is 0 Å². The average Bonchev–Trinajstić information content (AvgIpc) is 3.20. The monoisotopic (exact) mass is 233 g/mol. The fraction of sp³-hybridized carbons (Fsp3) is 0.462. The summed E-state index contributed by atoms with van der Waals surface area (Å²) < 4.78 is 10.9. The number of fused-ring (bicyclic) bond motifs is 1. The van der Waals surface area contributed by atoms with Crippen molar-refractivity contribution in [1.82, 2.24) is 5.32 Å². The van der Waals surface area contributed by atoms with Crippen LogP contribution in [-0.4, -0.2) is 19.1 Å². The van der Waals surface area contributed by atoms with Crippen LogP contribution < -0.4 is 14.8 Å². The molecule has 90 valence electrons. The Kier molecular flexibility index (Phi) is 2.63. The molecule has 1 fully saturated rings. The zero-order valence-corrected chi connectivity index (χ0v) is 9.57. The van der Waals surface area contributed by atoms with Crippen LogP contribution in [0.15, 0.2) is 18.2 Å². The Morgan fingerprint density at radius 3 is 2.76 bits per heavy atom. The van der Waals surface area contributed by atoms with Crippen molar-refractivity contribution in [1.29, 1.82) is 0 Å². The van der Waals surface area contributed by atoms with Gasteiger partial charge in [-0.2, -0.15) is 0 Å². The minimum atomic E-state index is 0.167. The first-order valence-electron chi connectivity index (χ1n) is 5.99. The highest BCUT2D eigenvalue weighted by Crippen LogP contribution is 2.31. The first-order valence-corrected chi connectivity index (χ1v) is 5.99. The van der Waals surface area contributed by atoms with Crippen molar-refractivity contribution in [3.63, 3.8) is 0 Å². The van der Waals surface area contributed by atoms with E-state index < -0.39 is 0 Å². The second-order valence-corrected chi connectivity index (χ2v) is 4.47. The molecule has 4 heteroatoms. The molecule has 4 nitrogen and oxygen atoms in total. The summed E-state index contributed by atoms with van der Waals surface area (Å²) in [6.45, 7) is 1.75. The summed E-state index contributed by atoms with van der Waals surface area (Å²) in [6, 6.07) is 5.79. The molecule has 1 saturated carbocycles. The van der Waals surface area contributed by atoms with Crippen LogP contribution in [0.4, 0.5) is 0 Å². The van der Waals surface area contributed by atoms with Gasteiger partial charge < -0.3 is 14.8 Å². The van der Waals surface area contributed by atoms with Gasteiger partial charge in [0.25, 0.3) is 0 Å². The highest BCUT2D eigenvalue weighted by molar-refractivity contribution is 5.80. The number of rotatable bonds is 3. The van der Waals surface area contributed by atoms with Gasteiger partial charge in [-0.1, -0.05) is 6.07 Å². The van der Waals surface area contributed by atoms with Crippen molar-refractivity contribution in [2.45, 2.75) is 19.4 Å². The Bertz CT molecular complexity index is 440. The molecular formula is C13H15NO3. The Hall–Kier alpha value is -1.71. The summed E-state index contributed by atoms with van der Waals surface area (Å²) in [5.41, 5.74) is 1.04. The predicted octanol–water partition coefficient (Wildman–Crippen LogP) is 1.48. The SMILES string of the molecule is O=C(NCc1ccc2c(c1)OCCO2)C1CC1. The zero-order chi connectivity index (χ0) is 11.7. The van der Waals surface area contributed by atoms with E-state index in [1.807, 2.05) is 18.2 Å². The normalized spacial score (nSPS) is 17.6. The fourth-order valence-electron chi connectivity index (χ4n) is 1.88. The lowest BCUT2D eigenvalue weighted by Crippen LogP contribution is -2.24. The predicted molar refractivity (Wildman–Crippen MR) is 62.0 cm³/mol. The maximum atomic E-state index is 11.5. The largest absolute Gasteiger partial charge is 0.486 e. The van der Waals surface area contributed by atoms with Gasteiger partial charge in [-0.25, -0.2) is 0 Å². The van der Waals surface area contributed by atoms with Crippen LogP contribution in [0, 0.1) is 5.92 Å². The van der Waals surface area contributed by atoms with E-state index in [-0.39, 0.29) is 11.8 Å². The van der Waals surface area contributed by atoms with Crippen LogP contribution in [0.1, 0.15) is 18.4 Å². The molecule has 1 aromatic carbocycles. The van der Waals surface area contributed by atoms with Crippen molar-refractivity contribution in [2.24, 2.45) is 5.92 Å². The molecule has 1 amide bonds. The zero-order valence-electron chi connectivity index (χ0n) is 9.57. The molecule has 0 unspecified atom stereocenters. The molecule has 1 aliphatic carbocycles. The standard InChI is InChI=1S/C13H15NO3/c15-13(10-2-3-10)14-8-9-1-4-11-12(7-9)17-6-5-16-11/h1,4,7,10H,2-3,5-6,8H2,(H,14,15). The number of ether oxygens (including phenoxy) is 2. The van der Waals surface area contributed by atoms with E-state index in [1.165, 1.54) is 0 Å². The quantitative estimate of drug-likeness (QED) is 0.860. The van der Waals surface area contributed by atoms with E-state index in [9.17, 15) is 4.79 Å². The molecule has 17 heavy (non-hydrogen) atoms. The third-order valence-corrected chi connectivity index (χ3v) is 3.02. The molecule has 2 aliphatic rings. The summed E-state index contributed by atoms with van der Waals surface area (Å²) in [6.07, 6.45) is 2.07. The summed E-state index contributed by atoms with van der Waals surface area (Å²) in [5, 5.41) is 2.93. The lowest BCUT2D eigenvalue weighted by Gasteiger charge is -2.18. The van der Waals surface area contributed by atoms with Gasteiger partial charge in [-0.05, 0) is 30.5 Å². The first-order chi connectivity index (χ1) is 8.33. The molecule has 1 aliphatic heterocycles. The van der Waals surface area contributed by atoms with Gasteiger partial charge in [0.1, 0.15) is 13.2 Å². The molecule has 1 heterocycles. The van der Waals surface area contributed by atoms with Gasteiger partial charge in [0.15, 0.2) is 11.5 Å². The minimum absolute atomic E-state index is 0.167. The minimum Gasteiger partial charge on any atom is -0.486 e.